The lowest BCUT2D eigenvalue weighted by Crippen LogP contribution is -2.47. The van der Waals surface area contributed by atoms with Crippen LogP contribution in [0.4, 0.5) is 17.1 Å². The van der Waals surface area contributed by atoms with Gasteiger partial charge >= 0.3 is 0 Å². The molecule has 0 radical (unpaired) electrons. The highest BCUT2D eigenvalue weighted by atomic mass is 35.5. The Balaban J connectivity index is 0.00000320. The molecule has 2 aromatic carbocycles. The van der Waals surface area contributed by atoms with E-state index in [1.807, 2.05) is 30.3 Å². The van der Waals surface area contributed by atoms with Crippen LogP contribution in [0.15, 0.2) is 48.5 Å². The van der Waals surface area contributed by atoms with Crippen LogP contribution < -0.4 is 16.0 Å². The van der Waals surface area contributed by atoms with Crippen LogP contribution in [0.2, 0.25) is 0 Å². The third-order valence-corrected chi connectivity index (χ3v) is 5.25. The SMILES string of the molecule is COCC1(CNC(=O)c2ccc(Nc3ccccc3)c([N+](=O)[O-])c2)CCNCC1.Cl. The van der Waals surface area contributed by atoms with Gasteiger partial charge in [0.15, 0.2) is 0 Å². The van der Waals surface area contributed by atoms with E-state index in [1.165, 1.54) is 6.07 Å². The molecule has 8 nitrogen and oxygen atoms in total. The van der Waals surface area contributed by atoms with Crippen molar-refractivity contribution in [3.63, 3.8) is 0 Å². The predicted molar refractivity (Wildman–Crippen MR) is 119 cm³/mol. The molecule has 1 amide bonds. The summed E-state index contributed by atoms with van der Waals surface area (Å²) >= 11 is 0. The van der Waals surface area contributed by atoms with E-state index < -0.39 is 4.92 Å². The van der Waals surface area contributed by atoms with E-state index in [9.17, 15) is 14.9 Å². The van der Waals surface area contributed by atoms with Crippen molar-refractivity contribution in [3.8, 4) is 0 Å². The molecule has 1 aliphatic heterocycles. The molecule has 162 valence electrons. The largest absolute Gasteiger partial charge is 0.384 e. The Hall–Kier alpha value is -2.68. The first-order chi connectivity index (χ1) is 14.0. The Morgan fingerprint density at radius 3 is 2.53 bits per heavy atom. The number of amides is 1. The van der Waals surface area contributed by atoms with Gasteiger partial charge in [-0.2, -0.15) is 0 Å². The molecule has 9 heteroatoms. The van der Waals surface area contributed by atoms with Gasteiger partial charge in [0.2, 0.25) is 0 Å². The fourth-order valence-electron chi connectivity index (χ4n) is 3.61. The second-order valence-corrected chi connectivity index (χ2v) is 7.35. The van der Waals surface area contributed by atoms with Crippen LogP contribution in [-0.2, 0) is 4.74 Å². The highest BCUT2D eigenvalue weighted by Crippen LogP contribution is 2.30. The molecule has 3 N–H and O–H groups in total. The topological polar surface area (TPSA) is 106 Å². The quantitative estimate of drug-likeness (QED) is 0.433. The van der Waals surface area contributed by atoms with Crippen LogP contribution in [-0.4, -0.2) is 44.2 Å². The van der Waals surface area contributed by atoms with Gasteiger partial charge in [-0.1, -0.05) is 18.2 Å². The number of hydrogen-bond donors (Lipinski definition) is 3. The Bertz CT molecular complexity index is 852. The van der Waals surface area contributed by atoms with Gasteiger partial charge in [-0.05, 0) is 50.2 Å². The summed E-state index contributed by atoms with van der Waals surface area (Å²) in [5, 5.41) is 20.8. The number of carbonyl (C=O) groups excluding carboxylic acids is 1. The van der Waals surface area contributed by atoms with Crippen molar-refractivity contribution in [1.29, 1.82) is 0 Å². The van der Waals surface area contributed by atoms with E-state index in [4.69, 9.17) is 4.74 Å². The van der Waals surface area contributed by atoms with Crippen LogP contribution in [0.5, 0.6) is 0 Å². The number of benzene rings is 2. The van der Waals surface area contributed by atoms with Crippen LogP contribution >= 0.6 is 12.4 Å². The maximum absolute atomic E-state index is 12.7. The number of halogens is 1. The fourth-order valence-corrected chi connectivity index (χ4v) is 3.61. The highest BCUT2D eigenvalue weighted by molar-refractivity contribution is 5.96. The Morgan fingerprint density at radius 1 is 1.20 bits per heavy atom. The van der Waals surface area contributed by atoms with Gasteiger partial charge in [0, 0.05) is 36.4 Å². The van der Waals surface area contributed by atoms with Crippen molar-refractivity contribution in [2.75, 3.05) is 38.7 Å². The number of rotatable bonds is 8. The van der Waals surface area contributed by atoms with Crippen molar-refractivity contribution in [2.24, 2.45) is 5.41 Å². The third-order valence-electron chi connectivity index (χ3n) is 5.25. The zero-order valence-corrected chi connectivity index (χ0v) is 17.7. The zero-order chi connectivity index (χ0) is 20.7. The molecular weight excluding hydrogens is 408 g/mol. The van der Waals surface area contributed by atoms with E-state index in [0.717, 1.165) is 31.6 Å². The lowest BCUT2D eigenvalue weighted by atomic mass is 9.79. The lowest BCUT2D eigenvalue weighted by Gasteiger charge is -2.37. The Morgan fingerprint density at radius 2 is 1.90 bits per heavy atom. The number of para-hydroxylation sites is 1. The minimum Gasteiger partial charge on any atom is -0.384 e. The molecule has 1 fully saturated rings. The van der Waals surface area contributed by atoms with E-state index in [2.05, 4.69) is 16.0 Å². The molecule has 1 heterocycles. The second-order valence-electron chi connectivity index (χ2n) is 7.35. The van der Waals surface area contributed by atoms with Crippen LogP contribution in [0.25, 0.3) is 0 Å². The second kappa shape index (κ2) is 10.9. The number of methoxy groups -OCH3 is 1. The minimum atomic E-state index is -0.485. The lowest BCUT2D eigenvalue weighted by molar-refractivity contribution is -0.383. The summed E-state index contributed by atoms with van der Waals surface area (Å²) in [6, 6.07) is 13.7. The molecule has 1 aliphatic rings. The average Bonchev–Trinajstić information content (AvgIpc) is 2.74. The molecule has 0 spiro atoms. The molecular formula is C21H27ClN4O4. The summed E-state index contributed by atoms with van der Waals surface area (Å²) in [4.78, 5) is 23.7. The minimum absolute atomic E-state index is 0. The summed E-state index contributed by atoms with van der Waals surface area (Å²) in [6.07, 6.45) is 1.81. The number of nitro benzene ring substituents is 1. The van der Waals surface area contributed by atoms with Gasteiger partial charge in [0.1, 0.15) is 5.69 Å². The molecule has 0 bridgehead atoms. The molecule has 0 unspecified atom stereocenters. The fraction of sp³-hybridized carbons (Fsp3) is 0.381. The maximum Gasteiger partial charge on any atom is 0.293 e. The molecule has 0 atom stereocenters. The van der Waals surface area contributed by atoms with E-state index >= 15 is 0 Å². The summed E-state index contributed by atoms with van der Waals surface area (Å²) in [5.41, 5.74) is 1.08. The summed E-state index contributed by atoms with van der Waals surface area (Å²) < 4.78 is 5.37. The van der Waals surface area contributed by atoms with E-state index in [-0.39, 0.29) is 35.0 Å². The molecule has 0 saturated carbocycles. The number of nitrogens with zero attached hydrogens (tertiary/aromatic N) is 1. The third kappa shape index (κ3) is 5.91. The van der Waals surface area contributed by atoms with Crippen molar-refractivity contribution < 1.29 is 14.5 Å². The molecule has 0 aliphatic carbocycles. The first kappa shape index (κ1) is 23.6. The average molecular weight is 435 g/mol. The van der Waals surface area contributed by atoms with Gasteiger partial charge in [0.05, 0.1) is 11.5 Å². The van der Waals surface area contributed by atoms with Gasteiger partial charge in [-0.3, -0.25) is 14.9 Å². The molecule has 3 rings (SSSR count). The molecule has 30 heavy (non-hydrogen) atoms. The first-order valence-electron chi connectivity index (χ1n) is 9.61. The molecule has 0 aromatic heterocycles. The van der Waals surface area contributed by atoms with Crippen molar-refractivity contribution in [3.05, 3.63) is 64.2 Å². The van der Waals surface area contributed by atoms with Gasteiger partial charge in [-0.15, -0.1) is 12.4 Å². The number of nitro groups is 1. The van der Waals surface area contributed by atoms with Crippen molar-refractivity contribution >= 4 is 35.4 Å². The van der Waals surface area contributed by atoms with Gasteiger partial charge in [-0.25, -0.2) is 0 Å². The van der Waals surface area contributed by atoms with E-state index in [1.54, 1.807) is 19.2 Å². The predicted octanol–water partition coefficient (Wildman–Crippen LogP) is 3.51. The van der Waals surface area contributed by atoms with Gasteiger partial charge in [0.25, 0.3) is 11.6 Å². The first-order valence-corrected chi connectivity index (χ1v) is 9.61. The van der Waals surface area contributed by atoms with Crippen LogP contribution in [0, 0.1) is 15.5 Å². The van der Waals surface area contributed by atoms with Crippen LogP contribution in [0.1, 0.15) is 23.2 Å². The van der Waals surface area contributed by atoms with Gasteiger partial charge < -0.3 is 20.7 Å². The van der Waals surface area contributed by atoms with E-state index in [0.29, 0.717) is 18.8 Å². The zero-order valence-electron chi connectivity index (χ0n) is 16.8. The monoisotopic (exact) mass is 434 g/mol. The number of anilines is 2. The standard InChI is InChI=1S/C21H26N4O4.ClH/c1-29-15-21(9-11-22-12-10-21)14-23-20(26)16-7-8-18(19(13-16)25(27)28)24-17-5-3-2-4-6-17;/h2-8,13,22,24H,9-12,14-15H2,1H3,(H,23,26);1H. The summed E-state index contributed by atoms with van der Waals surface area (Å²) in [6.45, 7) is 2.79. The number of carbonyl (C=O) groups is 1. The number of nitrogens with one attached hydrogen (secondary N) is 3. The number of ether oxygens (including phenoxy) is 1. The van der Waals surface area contributed by atoms with Crippen molar-refractivity contribution in [1.82, 2.24) is 10.6 Å². The number of hydrogen-bond acceptors (Lipinski definition) is 6. The molecule has 1 saturated heterocycles. The summed E-state index contributed by atoms with van der Waals surface area (Å²) in [7, 11) is 1.66. The normalized spacial score (nSPS) is 15.0. The summed E-state index contributed by atoms with van der Waals surface area (Å²) in [5.74, 6) is -0.326. The molecule has 2 aromatic rings. The van der Waals surface area contributed by atoms with Crippen molar-refractivity contribution in [2.45, 2.75) is 12.8 Å². The maximum atomic E-state index is 12.7. The van der Waals surface area contributed by atoms with Crippen LogP contribution in [0.3, 0.4) is 0 Å². The smallest absolute Gasteiger partial charge is 0.293 e. The highest BCUT2D eigenvalue weighted by Gasteiger charge is 2.32. The number of piperidine rings is 1. The Kier molecular flexibility index (Phi) is 8.58. The Labute approximate surface area is 181 Å².